The van der Waals surface area contributed by atoms with Crippen molar-refractivity contribution in [3.8, 4) is 0 Å². The van der Waals surface area contributed by atoms with Gasteiger partial charge >= 0.3 is 0 Å². The SMILES string of the molecule is COCc1cc(I)sc1Cl. The molecule has 1 nitrogen and oxygen atoms in total. The van der Waals surface area contributed by atoms with E-state index in [2.05, 4.69) is 22.6 Å². The van der Waals surface area contributed by atoms with E-state index in [0.29, 0.717) is 6.61 Å². The monoisotopic (exact) mass is 288 g/mol. The van der Waals surface area contributed by atoms with Gasteiger partial charge in [0, 0.05) is 12.7 Å². The molecule has 0 saturated carbocycles. The quantitative estimate of drug-likeness (QED) is 0.760. The Morgan fingerprint density at radius 1 is 1.80 bits per heavy atom. The third-order valence-corrected chi connectivity index (χ3v) is 3.23. The molecule has 1 heterocycles. The minimum Gasteiger partial charge on any atom is -0.380 e. The van der Waals surface area contributed by atoms with Gasteiger partial charge in [0.15, 0.2) is 0 Å². The van der Waals surface area contributed by atoms with Crippen molar-refractivity contribution in [2.75, 3.05) is 7.11 Å². The fourth-order valence-corrected chi connectivity index (χ4v) is 3.04. The van der Waals surface area contributed by atoms with Gasteiger partial charge in [0.1, 0.15) is 0 Å². The zero-order valence-corrected chi connectivity index (χ0v) is 9.09. The van der Waals surface area contributed by atoms with Crippen LogP contribution in [0.1, 0.15) is 5.56 Å². The first kappa shape index (κ1) is 8.77. The molecule has 0 aliphatic rings. The molecule has 0 unspecified atom stereocenters. The lowest BCUT2D eigenvalue weighted by Crippen LogP contribution is -1.83. The van der Waals surface area contributed by atoms with Crippen LogP contribution in [0.4, 0.5) is 0 Å². The van der Waals surface area contributed by atoms with Crippen LogP contribution in [0, 0.1) is 2.88 Å². The summed E-state index contributed by atoms with van der Waals surface area (Å²) in [6.07, 6.45) is 0. The molecule has 0 radical (unpaired) electrons. The van der Waals surface area contributed by atoms with E-state index in [-0.39, 0.29) is 0 Å². The molecule has 0 fully saturated rings. The Kier molecular flexibility index (Phi) is 3.42. The zero-order valence-electron chi connectivity index (χ0n) is 5.36. The van der Waals surface area contributed by atoms with Gasteiger partial charge in [-0.05, 0) is 28.7 Å². The second-order valence-corrected chi connectivity index (χ2v) is 5.33. The average molecular weight is 289 g/mol. The van der Waals surface area contributed by atoms with Crippen LogP contribution in [0.5, 0.6) is 0 Å². The van der Waals surface area contributed by atoms with Crippen molar-refractivity contribution in [2.45, 2.75) is 6.61 Å². The van der Waals surface area contributed by atoms with E-state index >= 15 is 0 Å². The number of rotatable bonds is 2. The molecule has 1 aromatic rings. The van der Waals surface area contributed by atoms with Crippen molar-refractivity contribution in [3.63, 3.8) is 0 Å². The molecule has 0 spiro atoms. The Balaban J connectivity index is 2.81. The predicted octanol–water partition coefficient (Wildman–Crippen LogP) is 3.15. The maximum absolute atomic E-state index is 5.86. The van der Waals surface area contributed by atoms with Gasteiger partial charge in [0.05, 0.1) is 13.8 Å². The van der Waals surface area contributed by atoms with E-state index < -0.39 is 0 Å². The van der Waals surface area contributed by atoms with Gasteiger partial charge in [-0.1, -0.05) is 11.6 Å². The highest BCUT2D eigenvalue weighted by molar-refractivity contribution is 14.1. The Hall–Kier alpha value is 0.680. The van der Waals surface area contributed by atoms with E-state index in [1.54, 1.807) is 18.4 Å². The number of ether oxygens (including phenoxy) is 1. The summed E-state index contributed by atoms with van der Waals surface area (Å²) in [7, 11) is 1.67. The number of thiophene rings is 1. The van der Waals surface area contributed by atoms with E-state index in [0.717, 1.165) is 9.90 Å². The summed E-state index contributed by atoms with van der Waals surface area (Å²) in [5.74, 6) is 0. The summed E-state index contributed by atoms with van der Waals surface area (Å²) in [5.41, 5.74) is 1.08. The predicted molar refractivity (Wildman–Crippen MR) is 52.8 cm³/mol. The average Bonchev–Trinajstić information content (AvgIpc) is 2.13. The number of hydrogen-bond acceptors (Lipinski definition) is 2. The van der Waals surface area contributed by atoms with Crippen molar-refractivity contribution in [1.82, 2.24) is 0 Å². The van der Waals surface area contributed by atoms with Gasteiger partial charge in [-0.25, -0.2) is 0 Å². The first-order chi connectivity index (χ1) is 4.74. The molecule has 0 aromatic carbocycles. The molecule has 0 N–H and O–H groups in total. The van der Waals surface area contributed by atoms with Crippen molar-refractivity contribution in [2.24, 2.45) is 0 Å². The van der Waals surface area contributed by atoms with Gasteiger partial charge in [-0.15, -0.1) is 11.3 Å². The van der Waals surface area contributed by atoms with Crippen LogP contribution in [0.25, 0.3) is 0 Å². The first-order valence-corrected chi connectivity index (χ1v) is 4.94. The molecule has 0 aliphatic carbocycles. The second-order valence-electron chi connectivity index (χ2n) is 1.78. The van der Waals surface area contributed by atoms with E-state index in [1.807, 2.05) is 6.07 Å². The highest BCUT2D eigenvalue weighted by Crippen LogP contribution is 2.28. The molecule has 0 bridgehead atoms. The largest absolute Gasteiger partial charge is 0.380 e. The molecule has 0 amide bonds. The molecule has 56 valence electrons. The Bertz CT molecular complexity index is 224. The molecule has 0 atom stereocenters. The van der Waals surface area contributed by atoms with Gasteiger partial charge in [-0.2, -0.15) is 0 Å². The van der Waals surface area contributed by atoms with Crippen LogP contribution in [-0.4, -0.2) is 7.11 Å². The molecule has 0 aliphatic heterocycles. The smallest absolute Gasteiger partial charge is 0.0994 e. The minimum absolute atomic E-state index is 0.609. The molecule has 0 saturated heterocycles. The van der Waals surface area contributed by atoms with E-state index in [9.17, 15) is 0 Å². The van der Waals surface area contributed by atoms with Crippen LogP contribution >= 0.6 is 45.5 Å². The van der Waals surface area contributed by atoms with Crippen LogP contribution in [-0.2, 0) is 11.3 Å². The normalized spacial score (nSPS) is 10.3. The van der Waals surface area contributed by atoms with Gasteiger partial charge < -0.3 is 4.74 Å². The summed E-state index contributed by atoms with van der Waals surface area (Å²) in [6, 6.07) is 2.04. The van der Waals surface area contributed by atoms with E-state index in [4.69, 9.17) is 16.3 Å². The lowest BCUT2D eigenvalue weighted by atomic mass is 10.4. The fourth-order valence-electron chi connectivity index (χ4n) is 0.628. The Labute approximate surface area is 82.5 Å². The number of halogens is 2. The first-order valence-electron chi connectivity index (χ1n) is 2.66. The summed E-state index contributed by atoms with van der Waals surface area (Å²) in [5, 5.41) is 0. The van der Waals surface area contributed by atoms with Crippen LogP contribution in [0.3, 0.4) is 0 Å². The molecule has 1 rings (SSSR count). The second kappa shape index (κ2) is 3.90. The highest BCUT2D eigenvalue weighted by atomic mass is 127. The fraction of sp³-hybridized carbons (Fsp3) is 0.333. The molecular formula is C6H6ClIOS. The number of hydrogen-bond donors (Lipinski definition) is 0. The van der Waals surface area contributed by atoms with Crippen molar-refractivity contribution >= 4 is 45.5 Å². The highest BCUT2D eigenvalue weighted by Gasteiger charge is 2.03. The van der Waals surface area contributed by atoms with Gasteiger partial charge in [0.2, 0.25) is 0 Å². The molecule has 4 heteroatoms. The van der Waals surface area contributed by atoms with Gasteiger partial charge in [-0.3, -0.25) is 0 Å². The van der Waals surface area contributed by atoms with Crippen LogP contribution < -0.4 is 0 Å². The van der Waals surface area contributed by atoms with E-state index in [1.165, 1.54) is 2.88 Å². The maximum Gasteiger partial charge on any atom is 0.0994 e. The third kappa shape index (κ3) is 2.08. The summed E-state index contributed by atoms with van der Waals surface area (Å²) >= 11 is 9.68. The Morgan fingerprint density at radius 3 is 2.90 bits per heavy atom. The molecular weight excluding hydrogens is 282 g/mol. The lowest BCUT2D eigenvalue weighted by molar-refractivity contribution is 0.185. The van der Waals surface area contributed by atoms with Gasteiger partial charge in [0.25, 0.3) is 0 Å². The zero-order chi connectivity index (χ0) is 7.56. The van der Waals surface area contributed by atoms with Crippen molar-refractivity contribution < 1.29 is 4.74 Å². The topological polar surface area (TPSA) is 9.23 Å². The third-order valence-electron chi connectivity index (χ3n) is 1.03. The summed E-state index contributed by atoms with van der Waals surface area (Å²) in [6.45, 7) is 0.609. The molecule has 1 aromatic heterocycles. The van der Waals surface area contributed by atoms with Crippen LogP contribution in [0.15, 0.2) is 6.07 Å². The summed E-state index contributed by atoms with van der Waals surface area (Å²) in [4.78, 5) is 0. The number of methoxy groups -OCH3 is 1. The standard InChI is InChI=1S/C6H6ClIOS/c1-9-3-4-2-5(8)10-6(4)7/h2H,3H2,1H3. The summed E-state index contributed by atoms with van der Waals surface area (Å²) < 4.78 is 6.98. The minimum atomic E-state index is 0.609. The van der Waals surface area contributed by atoms with Crippen molar-refractivity contribution in [1.29, 1.82) is 0 Å². The Morgan fingerprint density at radius 2 is 2.50 bits per heavy atom. The molecule has 10 heavy (non-hydrogen) atoms. The lowest BCUT2D eigenvalue weighted by Gasteiger charge is -1.92. The van der Waals surface area contributed by atoms with Crippen molar-refractivity contribution in [3.05, 3.63) is 18.9 Å². The maximum atomic E-state index is 5.86. The van der Waals surface area contributed by atoms with Crippen LogP contribution in [0.2, 0.25) is 4.34 Å².